The van der Waals surface area contributed by atoms with Gasteiger partial charge in [-0.3, -0.25) is 9.52 Å². The topological polar surface area (TPSA) is 143 Å². The number of hydrogen-bond donors (Lipinski definition) is 2. The molecule has 0 fully saturated rings. The van der Waals surface area contributed by atoms with Gasteiger partial charge in [-0.1, -0.05) is 18.5 Å². The predicted molar refractivity (Wildman–Crippen MR) is 167 cm³/mol. The van der Waals surface area contributed by atoms with E-state index in [0.29, 0.717) is 18.1 Å². The lowest BCUT2D eigenvalue weighted by Crippen LogP contribution is -2.47. The van der Waals surface area contributed by atoms with E-state index in [-0.39, 0.29) is 53.6 Å². The first kappa shape index (κ1) is 35.1. The first-order chi connectivity index (χ1) is 20.1. The predicted octanol–water partition coefficient (Wildman–Crippen LogP) is 3.83. The Morgan fingerprint density at radius 2 is 1.79 bits per heavy atom. The maximum atomic E-state index is 14.2. The van der Waals surface area contributed by atoms with Crippen LogP contribution in [0.15, 0.2) is 47.4 Å². The molecule has 0 bridgehead atoms. The largest absolute Gasteiger partial charge is 0.490 e. The summed E-state index contributed by atoms with van der Waals surface area (Å²) >= 11 is 5.91. The fourth-order valence-electron chi connectivity index (χ4n) is 4.67. The summed E-state index contributed by atoms with van der Waals surface area (Å²) in [5, 5.41) is 10.5. The van der Waals surface area contributed by atoms with Crippen LogP contribution in [0, 0.1) is 5.92 Å². The van der Waals surface area contributed by atoms with Crippen LogP contribution in [0.25, 0.3) is 0 Å². The van der Waals surface area contributed by atoms with Crippen molar-refractivity contribution in [2.75, 3.05) is 44.3 Å². The number of carbonyl (C=O) groups is 1. The molecule has 1 heterocycles. The van der Waals surface area contributed by atoms with E-state index in [1.54, 1.807) is 13.0 Å². The molecule has 0 saturated heterocycles. The van der Waals surface area contributed by atoms with Crippen molar-refractivity contribution in [3.63, 3.8) is 0 Å². The molecule has 0 spiro atoms. The maximum absolute atomic E-state index is 14.2. The van der Waals surface area contributed by atoms with E-state index < -0.39 is 38.1 Å². The number of ether oxygens (including phenoxy) is 2. The Morgan fingerprint density at radius 3 is 2.42 bits per heavy atom. The summed E-state index contributed by atoms with van der Waals surface area (Å²) in [5.41, 5.74) is 0.276. The highest BCUT2D eigenvalue weighted by Gasteiger charge is 2.31. The number of rotatable bonds is 8. The van der Waals surface area contributed by atoms with Crippen LogP contribution in [0.2, 0.25) is 5.02 Å². The summed E-state index contributed by atoms with van der Waals surface area (Å²) < 4.78 is 66.5. The van der Waals surface area contributed by atoms with Crippen molar-refractivity contribution in [3.05, 3.63) is 53.1 Å². The molecular formula is C29H42ClN3O8S2. The molecule has 1 aliphatic rings. The van der Waals surface area contributed by atoms with Gasteiger partial charge in [-0.2, -0.15) is 0 Å². The molecule has 11 nitrogen and oxygen atoms in total. The molecule has 0 radical (unpaired) electrons. The van der Waals surface area contributed by atoms with Crippen LogP contribution in [-0.2, 0) is 24.8 Å². The molecular weight excluding hydrogens is 618 g/mol. The third kappa shape index (κ3) is 9.79. The highest BCUT2D eigenvalue weighted by atomic mass is 35.5. The summed E-state index contributed by atoms with van der Waals surface area (Å²) in [7, 11) is -5.98. The number of aliphatic hydroxyl groups is 1. The van der Waals surface area contributed by atoms with Crippen molar-refractivity contribution in [1.82, 2.24) is 9.21 Å². The number of anilines is 1. The summed E-state index contributed by atoms with van der Waals surface area (Å²) in [4.78, 5) is 15.7. The quantitative estimate of drug-likeness (QED) is 0.436. The molecule has 2 N–H and O–H groups in total. The van der Waals surface area contributed by atoms with Gasteiger partial charge in [0.1, 0.15) is 5.75 Å². The Balaban J connectivity index is 2.02. The van der Waals surface area contributed by atoms with E-state index in [1.165, 1.54) is 52.7 Å². The van der Waals surface area contributed by atoms with Gasteiger partial charge in [-0.15, -0.1) is 0 Å². The second-order valence-corrected chi connectivity index (χ2v) is 15.3. The van der Waals surface area contributed by atoms with Crippen LogP contribution < -0.4 is 9.46 Å². The number of aliphatic hydroxyl groups excluding tert-OH is 1. The number of fused-ring (bicyclic) bond motifs is 1. The summed E-state index contributed by atoms with van der Waals surface area (Å²) in [6.07, 6.45) is 2.52. The maximum Gasteiger partial charge on any atom is 0.261 e. The van der Waals surface area contributed by atoms with Gasteiger partial charge in [0.25, 0.3) is 15.9 Å². The molecule has 14 heteroatoms. The first-order valence-electron chi connectivity index (χ1n) is 14.2. The third-order valence-corrected chi connectivity index (χ3v) is 10.4. The molecule has 1 aliphatic heterocycles. The van der Waals surface area contributed by atoms with Gasteiger partial charge in [0.2, 0.25) is 10.0 Å². The molecule has 0 aromatic heterocycles. The average molecular weight is 660 g/mol. The Bertz CT molecular complexity index is 1450. The minimum absolute atomic E-state index is 0.00244. The third-order valence-electron chi connectivity index (χ3n) is 7.43. The molecule has 2 aromatic rings. The number of sulfonamides is 2. The van der Waals surface area contributed by atoms with Crippen LogP contribution in [0.3, 0.4) is 0 Å². The normalized spacial score (nSPS) is 21.9. The number of likely N-dealkylation sites (N-methyl/N-ethyl adjacent to an activating group) is 1. The van der Waals surface area contributed by atoms with E-state index in [4.69, 9.17) is 21.1 Å². The minimum Gasteiger partial charge on any atom is -0.490 e. The minimum atomic E-state index is -3.99. The van der Waals surface area contributed by atoms with E-state index in [0.717, 1.165) is 19.1 Å². The number of nitrogens with one attached hydrogen (secondary N) is 1. The van der Waals surface area contributed by atoms with Gasteiger partial charge in [0.05, 0.1) is 41.6 Å². The van der Waals surface area contributed by atoms with Gasteiger partial charge in [-0.05, 0) is 75.6 Å². The number of carbonyl (C=O) groups excluding carboxylic acids is 1. The molecule has 4 atom stereocenters. The number of hydrogen-bond acceptors (Lipinski definition) is 8. The van der Waals surface area contributed by atoms with Crippen molar-refractivity contribution in [2.45, 2.75) is 63.2 Å². The van der Waals surface area contributed by atoms with Crippen LogP contribution in [0.5, 0.6) is 5.75 Å². The molecule has 0 unspecified atom stereocenters. The zero-order valence-corrected chi connectivity index (χ0v) is 27.6. The van der Waals surface area contributed by atoms with Gasteiger partial charge in [-0.25, -0.2) is 21.1 Å². The lowest BCUT2D eigenvalue weighted by molar-refractivity contribution is -0.00828. The smallest absolute Gasteiger partial charge is 0.261 e. The SMILES string of the molecule is C[C@@H]1CN([C@H](C)CO)C(=O)c2cc(NS(=O)(=O)c3ccc(Cl)cc3)ccc2O[C@@H](C)CCCCO[C@@H]1CN(C)S(C)(=O)=O. The number of nitrogens with zero attached hydrogens (tertiary/aromatic N) is 2. The van der Waals surface area contributed by atoms with Crippen molar-refractivity contribution >= 4 is 43.2 Å². The van der Waals surface area contributed by atoms with E-state index in [1.807, 2.05) is 13.8 Å². The zero-order valence-electron chi connectivity index (χ0n) is 25.2. The van der Waals surface area contributed by atoms with Crippen molar-refractivity contribution in [1.29, 1.82) is 0 Å². The summed E-state index contributed by atoms with van der Waals surface area (Å²) in [6, 6.07) is 9.61. The molecule has 43 heavy (non-hydrogen) atoms. The molecule has 2 aromatic carbocycles. The molecule has 240 valence electrons. The fourth-order valence-corrected chi connectivity index (χ4v) is 6.26. The lowest BCUT2D eigenvalue weighted by Gasteiger charge is -2.35. The molecule has 0 saturated carbocycles. The summed E-state index contributed by atoms with van der Waals surface area (Å²) in [5.74, 6) is -0.508. The monoisotopic (exact) mass is 659 g/mol. The van der Waals surface area contributed by atoms with Crippen molar-refractivity contribution in [2.24, 2.45) is 5.92 Å². The second-order valence-electron chi connectivity index (χ2n) is 11.1. The van der Waals surface area contributed by atoms with Gasteiger partial charge < -0.3 is 19.5 Å². The first-order valence-corrected chi connectivity index (χ1v) is 17.9. The number of halogens is 1. The van der Waals surface area contributed by atoms with Gasteiger partial charge in [0, 0.05) is 43.4 Å². The Labute approximate surface area is 260 Å². The highest BCUT2D eigenvalue weighted by Crippen LogP contribution is 2.29. The fraction of sp³-hybridized carbons (Fsp3) is 0.552. The standard InChI is InChI=1S/C29H42ClN3O8S2/c1-20-17-33(21(2)19-34)29(35)26-16-24(31-43(38,39)25-12-9-23(30)10-13-25)11-14-27(26)41-22(3)8-6-7-15-40-28(20)18-32(4)42(5,36)37/h9-14,16,20-22,28,31,34H,6-8,15,17-19H2,1-5H3/t20-,21-,22+,28-/m1/s1. The van der Waals surface area contributed by atoms with Crippen molar-refractivity contribution in [3.8, 4) is 5.75 Å². The molecule has 3 rings (SSSR count). The Kier molecular flexibility index (Phi) is 12.3. The average Bonchev–Trinajstić information content (AvgIpc) is 2.94. The van der Waals surface area contributed by atoms with Crippen LogP contribution in [0.1, 0.15) is 50.4 Å². The Morgan fingerprint density at radius 1 is 1.12 bits per heavy atom. The highest BCUT2D eigenvalue weighted by molar-refractivity contribution is 7.92. The number of amides is 1. The van der Waals surface area contributed by atoms with E-state index >= 15 is 0 Å². The second kappa shape index (κ2) is 15.0. The molecule has 1 amide bonds. The van der Waals surface area contributed by atoms with E-state index in [9.17, 15) is 26.7 Å². The summed E-state index contributed by atoms with van der Waals surface area (Å²) in [6.45, 7) is 5.77. The van der Waals surface area contributed by atoms with Gasteiger partial charge >= 0.3 is 0 Å². The lowest BCUT2D eigenvalue weighted by atomic mass is 10.0. The van der Waals surface area contributed by atoms with E-state index in [2.05, 4.69) is 4.72 Å². The molecule has 0 aliphatic carbocycles. The van der Waals surface area contributed by atoms with Crippen LogP contribution in [-0.4, -0.2) is 94.9 Å². The van der Waals surface area contributed by atoms with Crippen LogP contribution in [0.4, 0.5) is 5.69 Å². The van der Waals surface area contributed by atoms with Crippen molar-refractivity contribution < 1.29 is 36.2 Å². The van der Waals surface area contributed by atoms with Gasteiger partial charge in [0.15, 0.2) is 0 Å². The number of benzene rings is 2. The zero-order chi connectivity index (χ0) is 31.9. The van der Waals surface area contributed by atoms with Crippen LogP contribution >= 0.6 is 11.6 Å². The Hall–Kier alpha value is -2.42.